The van der Waals surface area contributed by atoms with Crippen LogP contribution in [0, 0.1) is 0 Å². The van der Waals surface area contributed by atoms with Crippen molar-refractivity contribution in [3.63, 3.8) is 0 Å². The summed E-state index contributed by atoms with van der Waals surface area (Å²) in [5.74, 6) is 0. The Bertz CT molecular complexity index is 133. The molecule has 1 heterocycles. The van der Waals surface area contributed by atoms with Gasteiger partial charge in [0.25, 0.3) is 0 Å². The van der Waals surface area contributed by atoms with E-state index in [1.54, 1.807) is 0 Å². The summed E-state index contributed by atoms with van der Waals surface area (Å²) in [4.78, 5) is 2.49. The van der Waals surface area contributed by atoms with Gasteiger partial charge in [0.15, 0.2) is 13.2 Å². The molecular weight excluding hydrogens is 164 g/mol. The molecule has 1 aliphatic heterocycles. The zero-order chi connectivity index (χ0) is 9.68. The summed E-state index contributed by atoms with van der Waals surface area (Å²) >= 11 is 0. The van der Waals surface area contributed by atoms with E-state index < -0.39 is 0 Å². The molecule has 78 valence electrons. The van der Waals surface area contributed by atoms with Crippen LogP contribution in [0.5, 0.6) is 0 Å². The van der Waals surface area contributed by atoms with Crippen LogP contribution in [-0.2, 0) is 0 Å². The number of ether oxygens (including phenoxy) is 1. The average molecular weight is 187 g/mol. The smallest absolute Gasteiger partial charge is 0.157 e. The lowest BCUT2D eigenvalue weighted by molar-refractivity contribution is -0.0914. The van der Waals surface area contributed by atoms with Crippen molar-refractivity contribution < 1.29 is 4.74 Å². The SMILES string of the molecule is CC(C)NC(C)CN1CC[OH+]CC1. The third kappa shape index (κ3) is 4.60. The monoisotopic (exact) mass is 187 g/mol. The number of nitrogens with one attached hydrogen (secondary N) is 1. The zero-order valence-corrected chi connectivity index (χ0v) is 9.08. The lowest BCUT2D eigenvalue weighted by Crippen LogP contribution is -2.46. The Hall–Kier alpha value is -0.120. The molecular formula is C10H23N2O+. The Morgan fingerprint density at radius 2 is 1.85 bits per heavy atom. The van der Waals surface area contributed by atoms with Crippen LogP contribution >= 0.6 is 0 Å². The van der Waals surface area contributed by atoms with Gasteiger partial charge in [-0.15, -0.1) is 0 Å². The van der Waals surface area contributed by atoms with E-state index in [4.69, 9.17) is 0 Å². The van der Waals surface area contributed by atoms with Gasteiger partial charge in [-0.05, 0) is 6.92 Å². The fraction of sp³-hybridized carbons (Fsp3) is 1.00. The van der Waals surface area contributed by atoms with Crippen LogP contribution in [0.3, 0.4) is 0 Å². The fourth-order valence-electron chi connectivity index (χ4n) is 1.84. The second kappa shape index (κ2) is 5.58. The summed E-state index contributed by atoms with van der Waals surface area (Å²) in [6.45, 7) is 12.1. The molecule has 0 spiro atoms. The molecule has 1 saturated heterocycles. The molecule has 0 aromatic rings. The van der Waals surface area contributed by atoms with E-state index in [1.165, 1.54) is 0 Å². The lowest BCUT2D eigenvalue weighted by Gasteiger charge is -2.28. The molecule has 2 N–H and O–H groups in total. The highest BCUT2D eigenvalue weighted by molar-refractivity contribution is 4.70. The van der Waals surface area contributed by atoms with Crippen molar-refractivity contribution in [2.24, 2.45) is 0 Å². The topological polar surface area (TPSA) is 28.1 Å². The van der Waals surface area contributed by atoms with Crippen molar-refractivity contribution in [3.8, 4) is 0 Å². The lowest BCUT2D eigenvalue weighted by atomic mass is 10.2. The van der Waals surface area contributed by atoms with E-state index in [-0.39, 0.29) is 0 Å². The Balaban J connectivity index is 2.14. The first-order valence-corrected chi connectivity index (χ1v) is 5.30. The molecule has 1 unspecified atom stereocenters. The van der Waals surface area contributed by atoms with Crippen molar-refractivity contribution in [2.75, 3.05) is 32.8 Å². The quantitative estimate of drug-likeness (QED) is 0.638. The molecule has 0 aromatic carbocycles. The van der Waals surface area contributed by atoms with Gasteiger partial charge in [0, 0.05) is 18.6 Å². The van der Waals surface area contributed by atoms with Gasteiger partial charge < -0.3 is 10.1 Å². The van der Waals surface area contributed by atoms with Crippen LogP contribution in [0.4, 0.5) is 0 Å². The van der Waals surface area contributed by atoms with Crippen LogP contribution in [0.25, 0.3) is 0 Å². The Morgan fingerprint density at radius 3 is 2.38 bits per heavy atom. The summed E-state index contributed by atoms with van der Waals surface area (Å²) < 4.78 is 4.33. The highest BCUT2D eigenvalue weighted by atomic mass is 16.5. The van der Waals surface area contributed by atoms with E-state index in [0.29, 0.717) is 12.1 Å². The number of morpholine rings is 1. The van der Waals surface area contributed by atoms with Gasteiger partial charge in [0.2, 0.25) is 0 Å². The van der Waals surface area contributed by atoms with Crippen LogP contribution in [0.2, 0.25) is 0 Å². The summed E-state index contributed by atoms with van der Waals surface area (Å²) in [5.41, 5.74) is 0. The molecule has 0 amide bonds. The first-order valence-electron chi connectivity index (χ1n) is 5.30. The molecule has 3 nitrogen and oxygen atoms in total. The molecule has 0 aromatic heterocycles. The van der Waals surface area contributed by atoms with Crippen molar-refractivity contribution >= 4 is 0 Å². The van der Waals surface area contributed by atoms with Crippen LogP contribution in [-0.4, -0.2) is 54.6 Å². The highest BCUT2D eigenvalue weighted by Gasteiger charge is 2.15. The van der Waals surface area contributed by atoms with Crippen molar-refractivity contribution in [1.82, 2.24) is 10.2 Å². The number of hydrogen-bond donors (Lipinski definition) is 1. The van der Waals surface area contributed by atoms with Crippen LogP contribution in [0.15, 0.2) is 0 Å². The van der Waals surface area contributed by atoms with E-state index >= 15 is 0 Å². The van der Waals surface area contributed by atoms with Crippen molar-refractivity contribution in [3.05, 3.63) is 0 Å². The summed E-state index contributed by atoms with van der Waals surface area (Å²) in [6, 6.07) is 1.18. The van der Waals surface area contributed by atoms with Gasteiger partial charge in [0.05, 0.1) is 13.1 Å². The average Bonchev–Trinajstić information content (AvgIpc) is 2.04. The molecule has 1 atom stereocenters. The molecule has 1 fully saturated rings. The maximum atomic E-state index is 4.33. The summed E-state index contributed by atoms with van der Waals surface area (Å²) in [5, 5.41) is 3.52. The maximum Gasteiger partial charge on any atom is 0.157 e. The molecule has 13 heavy (non-hydrogen) atoms. The number of aliphatic hydroxyl groups is 2. The minimum absolute atomic E-state index is 0.587. The van der Waals surface area contributed by atoms with Gasteiger partial charge >= 0.3 is 0 Å². The molecule has 0 bridgehead atoms. The second-order valence-electron chi connectivity index (χ2n) is 4.19. The second-order valence-corrected chi connectivity index (χ2v) is 4.19. The van der Waals surface area contributed by atoms with Gasteiger partial charge in [-0.2, -0.15) is 0 Å². The predicted molar refractivity (Wildman–Crippen MR) is 56.1 cm³/mol. The molecule has 1 aliphatic rings. The molecule has 0 aliphatic carbocycles. The van der Waals surface area contributed by atoms with E-state index in [2.05, 4.69) is 35.7 Å². The van der Waals surface area contributed by atoms with E-state index in [1.807, 2.05) is 0 Å². The number of rotatable bonds is 4. The molecule has 0 saturated carbocycles. The maximum absolute atomic E-state index is 4.33. The van der Waals surface area contributed by atoms with Crippen LogP contribution < -0.4 is 5.32 Å². The Kier molecular flexibility index (Phi) is 4.70. The van der Waals surface area contributed by atoms with Crippen LogP contribution in [0.1, 0.15) is 20.8 Å². The van der Waals surface area contributed by atoms with Gasteiger partial charge in [0.1, 0.15) is 0 Å². The zero-order valence-electron chi connectivity index (χ0n) is 9.08. The third-order valence-electron chi connectivity index (χ3n) is 2.30. The Labute approximate surface area is 81.4 Å². The first kappa shape index (κ1) is 11.0. The van der Waals surface area contributed by atoms with Gasteiger partial charge in [-0.1, -0.05) is 13.8 Å². The molecule has 3 heteroatoms. The van der Waals surface area contributed by atoms with E-state index in [0.717, 1.165) is 32.8 Å². The largest absolute Gasteiger partial charge is 0.432 e. The predicted octanol–water partition coefficient (Wildman–Crippen LogP) is 0.216. The Morgan fingerprint density at radius 1 is 1.23 bits per heavy atom. The highest BCUT2D eigenvalue weighted by Crippen LogP contribution is 1.97. The minimum Gasteiger partial charge on any atom is -0.432 e. The fourth-order valence-corrected chi connectivity index (χ4v) is 1.84. The van der Waals surface area contributed by atoms with Gasteiger partial charge in [-0.3, -0.25) is 4.90 Å². The normalized spacial score (nSPS) is 22.2. The van der Waals surface area contributed by atoms with Crippen molar-refractivity contribution in [2.45, 2.75) is 32.9 Å². The number of nitrogens with zero attached hydrogens (tertiary/aromatic N) is 1. The number of hydrogen-bond acceptors (Lipinski definition) is 2. The van der Waals surface area contributed by atoms with Gasteiger partial charge in [-0.25, -0.2) is 0 Å². The standard InChI is InChI=1S/C10H22N2O/c1-9(2)11-10(3)8-12-4-6-13-7-5-12/h9-11H,4-8H2,1-3H3/p+1. The van der Waals surface area contributed by atoms with Crippen molar-refractivity contribution in [1.29, 1.82) is 0 Å². The summed E-state index contributed by atoms with van der Waals surface area (Å²) in [7, 11) is 0. The van der Waals surface area contributed by atoms with E-state index in [9.17, 15) is 0 Å². The molecule has 0 radical (unpaired) electrons. The minimum atomic E-state index is 0.587. The third-order valence-corrected chi connectivity index (χ3v) is 2.30. The first-order chi connectivity index (χ1) is 6.18. The summed E-state index contributed by atoms with van der Waals surface area (Å²) in [6.07, 6.45) is 0. The molecule has 1 rings (SSSR count).